The molecule has 2 atom stereocenters. The van der Waals surface area contributed by atoms with Gasteiger partial charge in [-0.25, -0.2) is 8.78 Å². The summed E-state index contributed by atoms with van der Waals surface area (Å²) in [5.41, 5.74) is 0.588. The molecule has 2 aliphatic heterocycles. The van der Waals surface area contributed by atoms with E-state index in [1.54, 1.807) is 6.07 Å². The van der Waals surface area contributed by atoms with Gasteiger partial charge >= 0.3 is 0 Å². The smallest absolute Gasteiger partial charge is 0.193 e. The number of piperazine rings is 1. The minimum Gasteiger partial charge on any atom is -0.356 e. The summed E-state index contributed by atoms with van der Waals surface area (Å²) >= 11 is 0. The summed E-state index contributed by atoms with van der Waals surface area (Å²) in [6, 6.07) is 3.90. The van der Waals surface area contributed by atoms with Gasteiger partial charge in [0.25, 0.3) is 0 Å². The lowest BCUT2D eigenvalue weighted by atomic mass is 10.0. The van der Waals surface area contributed by atoms with Gasteiger partial charge in [-0.3, -0.25) is 9.89 Å². The van der Waals surface area contributed by atoms with E-state index in [-0.39, 0.29) is 6.04 Å². The zero-order chi connectivity index (χ0) is 20.1. The molecule has 0 saturated carbocycles. The first kappa shape index (κ1) is 21.0. The quantitative estimate of drug-likeness (QED) is 0.616. The maximum atomic E-state index is 14.3. The molecule has 2 saturated heterocycles. The van der Waals surface area contributed by atoms with Crippen LogP contribution in [-0.4, -0.2) is 80.6 Å². The number of hydrogen-bond acceptors (Lipinski definition) is 3. The predicted octanol–water partition coefficient (Wildman–Crippen LogP) is 2.56. The molecule has 0 aromatic heterocycles. The number of nitrogens with one attached hydrogen (secondary N) is 1. The summed E-state index contributed by atoms with van der Waals surface area (Å²) in [7, 11) is 4.00. The molecular formula is C21H33F2N5. The van der Waals surface area contributed by atoms with E-state index in [1.807, 2.05) is 7.05 Å². The Hall–Kier alpha value is -1.73. The van der Waals surface area contributed by atoms with E-state index in [4.69, 9.17) is 0 Å². The van der Waals surface area contributed by atoms with Crippen molar-refractivity contribution in [3.8, 4) is 0 Å². The third-order valence-electron chi connectivity index (χ3n) is 6.01. The van der Waals surface area contributed by atoms with E-state index in [9.17, 15) is 8.78 Å². The Morgan fingerprint density at radius 3 is 2.54 bits per heavy atom. The second-order valence-electron chi connectivity index (χ2n) is 7.96. The van der Waals surface area contributed by atoms with Gasteiger partial charge in [0.15, 0.2) is 5.96 Å². The molecule has 5 nitrogen and oxygen atoms in total. The molecule has 0 aliphatic carbocycles. The molecular weight excluding hydrogens is 360 g/mol. The molecule has 2 aliphatic rings. The van der Waals surface area contributed by atoms with Crippen LogP contribution in [0.5, 0.6) is 0 Å². The van der Waals surface area contributed by atoms with Crippen LogP contribution in [0.2, 0.25) is 0 Å². The number of aliphatic imine (C=N–C) groups is 1. The standard InChI is InChI=1S/C21H33F2N5/c1-4-20(18-6-5-17(22)13-19(18)23)27-9-11-28(12-10-27)21(24-2)25-14-16-7-8-26(3)15-16/h5-6,13,16,20H,4,7-12,14-15H2,1-3H3,(H,24,25). The molecule has 156 valence electrons. The van der Waals surface area contributed by atoms with Crippen molar-refractivity contribution < 1.29 is 8.78 Å². The van der Waals surface area contributed by atoms with E-state index in [1.165, 1.54) is 19.0 Å². The number of halogens is 2. The SMILES string of the molecule is CCC(c1ccc(F)cc1F)N1CCN(C(=NC)NCC2CCN(C)C2)CC1. The molecule has 28 heavy (non-hydrogen) atoms. The Morgan fingerprint density at radius 1 is 1.21 bits per heavy atom. The highest BCUT2D eigenvalue weighted by atomic mass is 19.1. The third kappa shape index (κ3) is 5.00. The van der Waals surface area contributed by atoms with E-state index in [0.717, 1.165) is 57.7 Å². The van der Waals surface area contributed by atoms with Gasteiger partial charge in [-0.1, -0.05) is 13.0 Å². The fraction of sp³-hybridized carbons (Fsp3) is 0.667. The molecule has 0 radical (unpaired) electrons. The molecule has 0 amide bonds. The van der Waals surface area contributed by atoms with E-state index in [0.29, 0.717) is 11.5 Å². The number of nitrogens with zero attached hydrogens (tertiary/aromatic N) is 4. The lowest BCUT2D eigenvalue weighted by molar-refractivity contribution is 0.124. The van der Waals surface area contributed by atoms with Crippen molar-refractivity contribution in [3.05, 3.63) is 35.4 Å². The van der Waals surface area contributed by atoms with Gasteiger partial charge < -0.3 is 15.1 Å². The van der Waals surface area contributed by atoms with Gasteiger partial charge in [0.2, 0.25) is 0 Å². The Labute approximate surface area is 167 Å². The molecule has 1 aromatic carbocycles. The van der Waals surface area contributed by atoms with Crippen LogP contribution in [0.3, 0.4) is 0 Å². The van der Waals surface area contributed by atoms with Crippen LogP contribution in [0.1, 0.15) is 31.4 Å². The van der Waals surface area contributed by atoms with Crippen molar-refractivity contribution in [1.29, 1.82) is 0 Å². The van der Waals surface area contributed by atoms with Crippen molar-refractivity contribution in [2.75, 3.05) is 59.9 Å². The number of likely N-dealkylation sites (tertiary alicyclic amines) is 1. The maximum absolute atomic E-state index is 14.3. The maximum Gasteiger partial charge on any atom is 0.193 e. The lowest BCUT2D eigenvalue weighted by Gasteiger charge is -2.40. The Bertz CT molecular complexity index is 673. The van der Waals surface area contributed by atoms with Crippen molar-refractivity contribution in [2.45, 2.75) is 25.8 Å². The fourth-order valence-corrected chi connectivity index (χ4v) is 4.45. The summed E-state index contributed by atoms with van der Waals surface area (Å²) in [4.78, 5) is 11.4. The fourth-order valence-electron chi connectivity index (χ4n) is 4.45. The number of hydrogen-bond donors (Lipinski definition) is 1. The molecule has 2 heterocycles. The van der Waals surface area contributed by atoms with Crippen LogP contribution in [0.15, 0.2) is 23.2 Å². The number of benzene rings is 1. The molecule has 0 spiro atoms. The minimum absolute atomic E-state index is 0.0215. The Kier molecular flexibility index (Phi) is 7.24. The van der Waals surface area contributed by atoms with Crippen molar-refractivity contribution in [1.82, 2.24) is 20.0 Å². The molecule has 2 unspecified atom stereocenters. The van der Waals surface area contributed by atoms with Crippen LogP contribution >= 0.6 is 0 Å². The van der Waals surface area contributed by atoms with Gasteiger partial charge in [0.1, 0.15) is 11.6 Å². The lowest BCUT2D eigenvalue weighted by Crippen LogP contribution is -2.53. The summed E-state index contributed by atoms with van der Waals surface area (Å²) in [6.45, 7) is 8.69. The first-order valence-corrected chi connectivity index (χ1v) is 10.3. The Balaban J connectivity index is 1.54. The third-order valence-corrected chi connectivity index (χ3v) is 6.01. The molecule has 0 bridgehead atoms. The first-order valence-electron chi connectivity index (χ1n) is 10.3. The van der Waals surface area contributed by atoms with Crippen LogP contribution in [0.25, 0.3) is 0 Å². The van der Waals surface area contributed by atoms with E-state index < -0.39 is 11.6 Å². The van der Waals surface area contributed by atoms with Crippen molar-refractivity contribution in [3.63, 3.8) is 0 Å². The van der Waals surface area contributed by atoms with Crippen LogP contribution < -0.4 is 5.32 Å². The van der Waals surface area contributed by atoms with Gasteiger partial charge in [-0.2, -0.15) is 0 Å². The summed E-state index contributed by atoms with van der Waals surface area (Å²) in [5.74, 6) is 0.654. The second-order valence-corrected chi connectivity index (χ2v) is 7.96. The zero-order valence-corrected chi connectivity index (χ0v) is 17.3. The average molecular weight is 394 g/mol. The number of guanidine groups is 1. The van der Waals surface area contributed by atoms with Crippen molar-refractivity contribution in [2.24, 2.45) is 10.9 Å². The molecule has 3 rings (SSSR count). The summed E-state index contributed by atoms with van der Waals surface area (Å²) < 4.78 is 27.5. The minimum atomic E-state index is -0.524. The van der Waals surface area contributed by atoms with Gasteiger partial charge in [0, 0.05) is 64.0 Å². The average Bonchev–Trinajstić information content (AvgIpc) is 3.11. The van der Waals surface area contributed by atoms with Crippen LogP contribution in [-0.2, 0) is 0 Å². The largest absolute Gasteiger partial charge is 0.356 e. The normalized spacial score (nSPS) is 23.2. The zero-order valence-electron chi connectivity index (χ0n) is 17.3. The van der Waals surface area contributed by atoms with E-state index >= 15 is 0 Å². The van der Waals surface area contributed by atoms with Gasteiger partial charge in [-0.15, -0.1) is 0 Å². The molecule has 1 aromatic rings. The van der Waals surface area contributed by atoms with E-state index in [2.05, 4.69) is 39.0 Å². The highest BCUT2D eigenvalue weighted by Crippen LogP contribution is 2.28. The van der Waals surface area contributed by atoms with Crippen molar-refractivity contribution >= 4 is 5.96 Å². The molecule has 1 N–H and O–H groups in total. The topological polar surface area (TPSA) is 34.1 Å². The molecule has 2 fully saturated rings. The highest BCUT2D eigenvalue weighted by molar-refractivity contribution is 5.80. The monoisotopic (exact) mass is 393 g/mol. The Morgan fingerprint density at radius 2 is 1.96 bits per heavy atom. The first-order chi connectivity index (χ1) is 13.5. The summed E-state index contributed by atoms with van der Waals surface area (Å²) in [5, 5.41) is 3.54. The van der Waals surface area contributed by atoms with Gasteiger partial charge in [-0.05, 0) is 38.4 Å². The van der Waals surface area contributed by atoms with Gasteiger partial charge in [0.05, 0.1) is 0 Å². The summed E-state index contributed by atoms with van der Waals surface area (Å²) in [6.07, 6.45) is 2.03. The molecule has 7 heteroatoms. The second kappa shape index (κ2) is 9.65. The van der Waals surface area contributed by atoms with Crippen LogP contribution in [0, 0.1) is 17.6 Å². The number of rotatable bonds is 5. The van der Waals surface area contributed by atoms with Crippen LogP contribution in [0.4, 0.5) is 8.78 Å². The highest BCUT2D eigenvalue weighted by Gasteiger charge is 2.27. The predicted molar refractivity (Wildman–Crippen MR) is 110 cm³/mol.